The van der Waals surface area contributed by atoms with Gasteiger partial charge in [-0.15, -0.1) is 0 Å². The Kier molecular flexibility index (Phi) is 8.58. The fourth-order valence-corrected chi connectivity index (χ4v) is 5.87. The number of carbonyl (C=O) groups excluding carboxylic acids is 1. The molecule has 0 spiro atoms. The molecule has 0 radical (unpaired) electrons. The summed E-state index contributed by atoms with van der Waals surface area (Å²) in [7, 11) is 0. The number of benzene rings is 2. The number of nitrogens with zero attached hydrogens (tertiary/aromatic N) is 1. The number of halogens is 3. The Morgan fingerprint density at radius 1 is 0.974 bits per heavy atom. The van der Waals surface area contributed by atoms with Crippen molar-refractivity contribution in [3.63, 3.8) is 0 Å². The van der Waals surface area contributed by atoms with Crippen molar-refractivity contribution in [2.75, 3.05) is 29.9 Å². The van der Waals surface area contributed by atoms with Crippen LogP contribution in [0.15, 0.2) is 42.5 Å². The summed E-state index contributed by atoms with van der Waals surface area (Å²) < 4.78 is 39.8. The topological polar surface area (TPSA) is 44.4 Å². The summed E-state index contributed by atoms with van der Waals surface area (Å²) in [6.07, 6.45) is 0.977. The normalized spacial score (nSPS) is 21.9. The van der Waals surface area contributed by atoms with Gasteiger partial charge in [-0.05, 0) is 92.2 Å². The minimum Gasteiger partial charge on any atom is -0.382 e. The zero-order valence-electron chi connectivity index (χ0n) is 24.0. The van der Waals surface area contributed by atoms with Crippen LogP contribution in [0.3, 0.4) is 0 Å². The van der Waals surface area contributed by atoms with Crippen LogP contribution >= 0.6 is 0 Å². The third kappa shape index (κ3) is 7.29. The van der Waals surface area contributed by atoms with Crippen LogP contribution in [0.25, 0.3) is 0 Å². The lowest BCUT2D eigenvalue weighted by atomic mass is 9.79. The molecule has 1 amide bonds. The maximum atomic E-state index is 13.3. The Morgan fingerprint density at radius 2 is 1.59 bits per heavy atom. The Balaban J connectivity index is 1.21. The Hall–Kier alpha value is -2.70. The summed E-state index contributed by atoms with van der Waals surface area (Å²) in [6, 6.07) is 13.4. The summed E-state index contributed by atoms with van der Waals surface area (Å²) >= 11 is 0. The second kappa shape index (κ2) is 11.4. The quantitative estimate of drug-likeness (QED) is 0.392. The second-order valence-electron chi connectivity index (χ2n) is 12.9. The van der Waals surface area contributed by atoms with Crippen molar-refractivity contribution in [2.45, 2.75) is 90.8 Å². The number of amides is 1. The van der Waals surface area contributed by atoms with E-state index in [0.29, 0.717) is 18.2 Å². The van der Waals surface area contributed by atoms with Crippen molar-refractivity contribution < 1.29 is 18.0 Å². The maximum absolute atomic E-state index is 13.3. The van der Waals surface area contributed by atoms with Crippen molar-refractivity contribution in [1.29, 1.82) is 0 Å². The highest BCUT2D eigenvalue weighted by molar-refractivity contribution is 5.82. The molecule has 1 heterocycles. The number of hydrogen-bond acceptors (Lipinski definition) is 3. The smallest absolute Gasteiger partial charge is 0.382 e. The summed E-state index contributed by atoms with van der Waals surface area (Å²) in [6.45, 7) is 12.6. The fourth-order valence-electron chi connectivity index (χ4n) is 5.87. The van der Waals surface area contributed by atoms with Gasteiger partial charge < -0.3 is 15.5 Å². The van der Waals surface area contributed by atoms with Crippen LogP contribution in [0.4, 0.5) is 24.5 Å². The van der Waals surface area contributed by atoms with Gasteiger partial charge in [-0.2, -0.15) is 13.2 Å². The number of alkyl halides is 3. The molecule has 7 heteroatoms. The molecule has 0 atom stereocenters. The van der Waals surface area contributed by atoms with Gasteiger partial charge in [0.2, 0.25) is 5.91 Å². The fraction of sp³-hybridized carbons (Fsp3) is 0.594. The Bertz CT molecular complexity index is 1120. The van der Waals surface area contributed by atoms with Crippen LogP contribution in [0.5, 0.6) is 0 Å². The first-order valence-corrected chi connectivity index (χ1v) is 14.3. The molecular formula is C32H44F3N3O. The molecule has 2 aromatic carbocycles. The summed E-state index contributed by atoms with van der Waals surface area (Å²) in [5.74, 6) is 0.547. The highest BCUT2D eigenvalue weighted by Gasteiger charge is 2.37. The summed E-state index contributed by atoms with van der Waals surface area (Å²) in [4.78, 5) is 15.5. The molecule has 2 aliphatic rings. The third-order valence-electron chi connectivity index (χ3n) is 8.83. The number of rotatable bonds is 6. The first-order valence-electron chi connectivity index (χ1n) is 14.3. The molecule has 4 nitrogen and oxygen atoms in total. The molecule has 4 rings (SSSR count). The average Bonchev–Trinajstić information content (AvgIpc) is 2.88. The van der Waals surface area contributed by atoms with Crippen LogP contribution in [-0.4, -0.2) is 31.6 Å². The predicted octanol–water partition coefficient (Wildman–Crippen LogP) is 7.70. The minimum atomic E-state index is -4.34. The molecule has 1 saturated heterocycles. The SMILES string of the molecule is Cc1ccc(NC2CCC(CNC(=O)C3(C)CCN(c4ccc(C(C)(C)C)cc4)CC3)CC2)cc1C(F)(F)F. The Labute approximate surface area is 231 Å². The summed E-state index contributed by atoms with van der Waals surface area (Å²) in [5.41, 5.74) is 2.49. The van der Waals surface area contributed by atoms with Gasteiger partial charge >= 0.3 is 6.18 Å². The molecule has 214 valence electrons. The highest BCUT2D eigenvalue weighted by atomic mass is 19.4. The van der Waals surface area contributed by atoms with Crippen molar-refractivity contribution in [2.24, 2.45) is 11.3 Å². The number of anilines is 2. The van der Waals surface area contributed by atoms with Crippen molar-refractivity contribution in [3.05, 3.63) is 59.2 Å². The van der Waals surface area contributed by atoms with E-state index in [-0.39, 0.29) is 28.3 Å². The van der Waals surface area contributed by atoms with Gasteiger partial charge in [0, 0.05) is 42.5 Å². The van der Waals surface area contributed by atoms with Crippen molar-refractivity contribution in [3.8, 4) is 0 Å². The van der Waals surface area contributed by atoms with Gasteiger partial charge in [-0.25, -0.2) is 0 Å². The van der Waals surface area contributed by atoms with Crippen LogP contribution in [-0.2, 0) is 16.4 Å². The lowest BCUT2D eigenvalue weighted by Gasteiger charge is -2.40. The largest absolute Gasteiger partial charge is 0.416 e. The number of piperidine rings is 1. The first kappa shape index (κ1) is 29.3. The van der Waals surface area contributed by atoms with E-state index >= 15 is 0 Å². The van der Waals surface area contributed by atoms with Crippen LogP contribution in [0.2, 0.25) is 0 Å². The van der Waals surface area contributed by atoms with E-state index in [2.05, 4.69) is 67.5 Å². The van der Waals surface area contributed by atoms with Crippen LogP contribution < -0.4 is 15.5 Å². The molecule has 0 unspecified atom stereocenters. The molecule has 2 aromatic rings. The second-order valence-corrected chi connectivity index (χ2v) is 12.9. The highest BCUT2D eigenvalue weighted by Crippen LogP contribution is 2.36. The molecule has 0 aromatic heterocycles. The van der Waals surface area contributed by atoms with Crippen molar-refractivity contribution in [1.82, 2.24) is 5.32 Å². The lowest BCUT2D eigenvalue weighted by molar-refractivity contribution is -0.138. The van der Waals surface area contributed by atoms with Gasteiger partial charge in [0.25, 0.3) is 0 Å². The zero-order chi connectivity index (χ0) is 28.4. The first-order chi connectivity index (χ1) is 18.2. The predicted molar refractivity (Wildman–Crippen MR) is 153 cm³/mol. The molecule has 2 fully saturated rings. The van der Waals surface area contributed by atoms with Crippen LogP contribution in [0, 0.1) is 18.3 Å². The average molecular weight is 544 g/mol. The minimum absolute atomic E-state index is 0.134. The zero-order valence-corrected chi connectivity index (χ0v) is 24.0. The van der Waals surface area contributed by atoms with E-state index in [0.717, 1.165) is 51.6 Å². The van der Waals surface area contributed by atoms with E-state index in [9.17, 15) is 18.0 Å². The molecule has 2 N–H and O–H groups in total. The molecule has 0 bridgehead atoms. The van der Waals surface area contributed by atoms with E-state index in [1.165, 1.54) is 30.3 Å². The van der Waals surface area contributed by atoms with E-state index in [4.69, 9.17) is 0 Å². The van der Waals surface area contributed by atoms with E-state index < -0.39 is 11.7 Å². The number of carbonyl (C=O) groups is 1. The van der Waals surface area contributed by atoms with Gasteiger partial charge in [0.1, 0.15) is 0 Å². The molecule has 39 heavy (non-hydrogen) atoms. The molecule has 1 saturated carbocycles. The number of nitrogens with one attached hydrogen (secondary N) is 2. The van der Waals surface area contributed by atoms with E-state index in [1.807, 2.05) is 0 Å². The third-order valence-corrected chi connectivity index (χ3v) is 8.83. The molecular weight excluding hydrogens is 499 g/mol. The van der Waals surface area contributed by atoms with Crippen LogP contribution in [0.1, 0.15) is 82.9 Å². The molecule has 1 aliphatic carbocycles. The van der Waals surface area contributed by atoms with Gasteiger partial charge in [0.05, 0.1) is 5.56 Å². The summed E-state index contributed by atoms with van der Waals surface area (Å²) in [5, 5.41) is 6.53. The monoisotopic (exact) mass is 543 g/mol. The Morgan fingerprint density at radius 3 is 2.15 bits per heavy atom. The van der Waals surface area contributed by atoms with Crippen molar-refractivity contribution >= 4 is 17.3 Å². The number of hydrogen-bond donors (Lipinski definition) is 2. The molecule has 1 aliphatic heterocycles. The van der Waals surface area contributed by atoms with Gasteiger partial charge in [-0.1, -0.05) is 45.9 Å². The van der Waals surface area contributed by atoms with E-state index in [1.54, 1.807) is 6.07 Å². The van der Waals surface area contributed by atoms with Gasteiger partial charge in [-0.3, -0.25) is 4.79 Å². The maximum Gasteiger partial charge on any atom is 0.416 e. The lowest BCUT2D eigenvalue weighted by Crippen LogP contribution is -2.48. The number of aryl methyl sites for hydroxylation is 1. The van der Waals surface area contributed by atoms with Gasteiger partial charge in [0.15, 0.2) is 0 Å². The standard InChI is InChI=1S/C32H44F3N3O/c1-22-6-11-26(20-28(22)32(33,34)35)37-25-12-7-23(8-13-25)21-36-29(39)31(5)16-18-38(19-17-31)27-14-9-24(10-15-27)30(2,3)4/h6,9-11,14-15,20,23,25,37H,7-8,12-13,16-19,21H2,1-5H3,(H,36,39).